The minimum Gasteiger partial charge on any atom is -0.345 e. The molecule has 166 valence electrons. The minimum absolute atomic E-state index is 0.119. The van der Waals surface area contributed by atoms with Crippen LogP contribution in [0.1, 0.15) is 16.2 Å². The molecule has 0 saturated heterocycles. The molecule has 1 heterocycles. The second-order valence-corrected chi connectivity index (χ2v) is 8.67. The van der Waals surface area contributed by atoms with E-state index in [4.69, 9.17) is 34.8 Å². The van der Waals surface area contributed by atoms with Crippen molar-refractivity contribution in [2.45, 2.75) is 18.2 Å². The van der Waals surface area contributed by atoms with Crippen LogP contribution in [0.2, 0.25) is 15.1 Å². The minimum atomic E-state index is -0.366. The van der Waals surface area contributed by atoms with E-state index in [9.17, 15) is 9.59 Å². The van der Waals surface area contributed by atoms with Gasteiger partial charge in [0.25, 0.3) is 5.91 Å². The van der Waals surface area contributed by atoms with Crippen molar-refractivity contribution >= 4 is 64.1 Å². The molecule has 11 heteroatoms. The number of aromatic nitrogens is 3. The number of hydrogen-bond acceptors (Lipinski definition) is 5. The number of thioether (sulfide) groups is 1. The monoisotopic (exact) mass is 509 g/mol. The van der Waals surface area contributed by atoms with Crippen molar-refractivity contribution in [2.24, 2.45) is 0 Å². The lowest BCUT2D eigenvalue weighted by molar-refractivity contribution is -0.113. The standard InChI is InChI=1S/C21H18Cl3N5O2S/c1-2-8-29-18(11-25-20(31)16-7-6-14(23)10-17(16)24)27-28-21(29)32-12-19(30)26-15-5-3-4-13(22)9-15/h2-7,9-10H,1,8,11-12H2,(H,25,31)(H,26,30). The molecule has 7 nitrogen and oxygen atoms in total. The first-order valence-corrected chi connectivity index (χ1v) is 11.4. The Morgan fingerprint density at radius 1 is 1.09 bits per heavy atom. The number of nitrogens with zero attached hydrogens (tertiary/aromatic N) is 3. The number of nitrogens with one attached hydrogen (secondary N) is 2. The molecule has 0 saturated carbocycles. The lowest BCUT2D eigenvalue weighted by atomic mass is 10.2. The first-order chi connectivity index (χ1) is 15.4. The maximum Gasteiger partial charge on any atom is 0.253 e. The van der Waals surface area contributed by atoms with Crippen molar-refractivity contribution in [3.8, 4) is 0 Å². The van der Waals surface area contributed by atoms with Gasteiger partial charge in [0.1, 0.15) is 0 Å². The maximum absolute atomic E-state index is 12.5. The van der Waals surface area contributed by atoms with E-state index in [1.165, 1.54) is 17.8 Å². The van der Waals surface area contributed by atoms with E-state index in [1.807, 2.05) is 0 Å². The first kappa shape index (κ1) is 24.1. The van der Waals surface area contributed by atoms with E-state index < -0.39 is 0 Å². The summed E-state index contributed by atoms with van der Waals surface area (Å²) >= 11 is 19.1. The summed E-state index contributed by atoms with van der Waals surface area (Å²) in [6.07, 6.45) is 1.68. The first-order valence-electron chi connectivity index (χ1n) is 9.32. The number of allylic oxidation sites excluding steroid dienone is 1. The molecule has 1 aromatic heterocycles. The van der Waals surface area contributed by atoms with E-state index in [-0.39, 0.29) is 29.1 Å². The highest BCUT2D eigenvalue weighted by molar-refractivity contribution is 7.99. The molecule has 3 aromatic rings. The third kappa shape index (κ3) is 6.49. The van der Waals surface area contributed by atoms with Crippen molar-refractivity contribution in [1.29, 1.82) is 0 Å². The molecular weight excluding hydrogens is 493 g/mol. The molecule has 2 amide bonds. The average Bonchev–Trinajstić information content (AvgIpc) is 3.12. The summed E-state index contributed by atoms with van der Waals surface area (Å²) in [5, 5.41) is 15.6. The van der Waals surface area contributed by atoms with Crippen LogP contribution in [0.15, 0.2) is 60.3 Å². The molecule has 2 aromatic carbocycles. The van der Waals surface area contributed by atoms with Crippen molar-refractivity contribution in [3.63, 3.8) is 0 Å². The van der Waals surface area contributed by atoms with Gasteiger partial charge in [-0.2, -0.15) is 0 Å². The molecule has 2 N–H and O–H groups in total. The molecule has 0 spiro atoms. The van der Waals surface area contributed by atoms with Crippen LogP contribution in [0.4, 0.5) is 5.69 Å². The summed E-state index contributed by atoms with van der Waals surface area (Å²) in [5.41, 5.74) is 0.915. The highest BCUT2D eigenvalue weighted by atomic mass is 35.5. The fourth-order valence-corrected chi connectivity index (χ4v) is 4.14. The van der Waals surface area contributed by atoms with Crippen LogP contribution < -0.4 is 10.6 Å². The maximum atomic E-state index is 12.5. The van der Waals surface area contributed by atoms with Crippen molar-refractivity contribution < 1.29 is 9.59 Å². The number of halogens is 3. The Kier molecular flexibility index (Phi) is 8.58. The van der Waals surface area contributed by atoms with Crippen LogP contribution in [0.25, 0.3) is 0 Å². The van der Waals surface area contributed by atoms with Crippen LogP contribution in [-0.2, 0) is 17.9 Å². The Labute approximate surface area is 204 Å². The number of hydrogen-bond donors (Lipinski definition) is 2. The van der Waals surface area contributed by atoms with Gasteiger partial charge in [0, 0.05) is 22.3 Å². The summed E-state index contributed by atoms with van der Waals surface area (Å²) < 4.78 is 1.77. The van der Waals surface area contributed by atoms with E-state index in [0.717, 1.165) is 0 Å². The van der Waals surface area contributed by atoms with Gasteiger partial charge in [-0.15, -0.1) is 16.8 Å². The normalized spacial score (nSPS) is 10.6. The summed E-state index contributed by atoms with van der Waals surface area (Å²) in [6, 6.07) is 11.5. The van der Waals surface area contributed by atoms with Gasteiger partial charge in [0.05, 0.1) is 22.9 Å². The molecule has 0 unspecified atom stereocenters. The molecule has 3 rings (SSSR count). The molecule has 0 bridgehead atoms. The summed E-state index contributed by atoms with van der Waals surface area (Å²) in [7, 11) is 0. The van der Waals surface area contributed by atoms with Crippen LogP contribution in [-0.4, -0.2) is 32.3 Å². The Morgan fingerprint density at radius 2 is 1.88 bits per heavy atom. The lowest BCUT2D eigenvalue weighted by Crippen LogP contribution is -2.25. The quantitative estimate of drug-likeness (QED) is 0.309. The summed E-state index contributed by atoms with van der Waals surface area (Å²) in [5.74, 6) is 0.0581. The number of amides is 2. The molecule has 0 aliphatic carbocycles. The topological polar surface area (TPSA) is 88.9 Å². The Balaban J connectivity index is 1.62. The summed E-state index contributed by atoms with van der Waals surface area (Å²) in [6.45, 7) is 4.28. The molecule has 0 aliphatic rings. The van der Waals surface area contributed by atoms with E-state index >= 15 is 0 Å². The van der Waals surface area contributed by atoms with Crippen molar-refractivity contribution in [1.82, 2.24) is 20.1 Å². The Hall–Kier alpha value is -2.52. The van der Waals surface area contributed by atoms with E-state index in [1.54, 1.807) is 47.0 Å². The van der Waals surface area contributed by atoms with Crippen LogP contribution in [0.3, 0.4) is 0 Å². The van der Waals surface area contributed by atoms with Gasteiger partial charge in [-0.05, 0) is 36.4 Å². The zero-order chi connectivity index (χ0) is 23.1. The largest absolute Gasteiger partial charge is 0.345 e. The van der Waals surface area contributed by atoms with Gasteiger partial charge in [-0.25, -0.2) is 0 Å². The lowest BCUT2D eigenvalue weighted by Gasteiger charge is -2.10. The van der Waals surface area contributed by atoms with Gasteiger partial charge in [0.15, 0.2) is 11.0 Å². The SMILES string of the molecule is C=CCn1c(CNC(=O)c2ccc(Cl)cc2Cl)nnc1SCC(=O)Nc1cccc(Cl)c1. The van der Waals surface area contributed by atoms with Gasteiger partial charge in [-0.1, -0.05) is 58.7 Å². The van der Waals surface area contributed by atoms with Gasteiger partial charge in [0.2, 0.25) is 5.91 Å². The third-order valence-electron chi connectivity index (χ3n) is 4.13. The van der Waals surface area contributed by atoms with Crippen LogP contribution >= 0.6 is 46.6 Å². The van der Waals surface area contributed by atoms with Crippen LogP contribution in [0, 0.1) is 0 Å². The second-order valence-electron chi connectivity index (χ2n) is 6.45. The van der Waals surface area contributed by atoms with Gasteiger partial charge < -0.3 is 15.2 Å². The van der Waals surface area contributed by atoms with E-state index in [2.05, 4.69) is 27.4 Å². The number of carbonyl (C=O) groups is 2. The Morgan fingerprint density at radius 3 is 2.59 bits per heavy atom. The zero-order valence-electron chi connectivity index (χ0n) is 16.6. The number of anilines is 1. The van der Waals surface area contributed by atoms with Crippen LogP contribution in [0.5, 0.6) is 0 Å². The van der Waals surface area contributed by atoms with Gasteiger partial charge >= 0.3 is 0 Å². The third-order valence-corrected chi connectivity index (χ3v) is 5.88. The highest BCUT2D eigenvalue weighted by Crippen LogP contribution is 2.22. The average molecular weight is 511 g/mol. The van der Waals surface area contributed by atoms with Gasteiger partial charge in [-0.3, -0.25) is 9.59 Å². The summed E-state index contributed by atoms with van der Waals surface area (Å²) in [4.78, 5) is 24.7. The molecule has 32 heavy (non-hydrogen) atoms. The number of benzene rings is 2. The molecule has 0 fully saturated rings. The van der Waals surface area contributed by atoms with Crippen molar-refractivity contribution in [2.75, 3.05) is 11.1 Å². The molecule has 0 atom stereocenters. The predicted octanol–water partition coefficient (Wildman–Crippen LogP) is 5.09. The number of rotatable bonds is 9. The van der Waals surface area contributed by atoms with E-state index in [0.29, 0.717) is 38.8 Å². The second kappa shape index (κ2) is 11.4. The molecule has 0 radical (unpaired) electrons. The van der Waals surface area contributed by atoms with Crippen molar-refractivity contribution in [3.05, 3.63) is 81.6 Å². The fourth-order valence-electron chi connectivity index (χ4n) is 2.69. The smallest absolute Gasteiger partial charge is 0.253 e. The molecule has 0 aliphatic heterocycles. The molecular formula is C21H18Cl3N5O2S. The fraction of sp³-hybridized carbons (Fsp3) is 0.143. The highest BCUT2D eigenvalue weighted by Gasteiger charge is 2.16. The number of carbonyl (C=O) groups excluding carboxylic acids is 2. The predicted molar refractivity (Wildman–Crippen MR) is 129 cm³/mol. The zero-order valence-corrected chi connectivity index (χ0v) is 19.7. The Bertz CT molecular complexity index is 1150.